The van der Waals surface area contributed by atoms with Crippen LogP contribution in [0.3, 0.4) is 0 Å². The number of fused-ring (bicyclic) bond motifs is 1. The van der Waals surface area contributed by atoms with Gasteiger partial charge in [-0.1, -0.05) is 6.07 Å². The predicted molar refractivity (Wildman–Crippen MR) is 60.9 cm³/mol. The van der Waals surface area contributed by atoms with Gasteiger partial charge in [0.2, 0.25) is 5.88 Å². The summed E-state index contributed by atoms with van der Waals surface area (Å²) in [4.78, 5) is 14.3. The normalized spacial score (nSPS) is 11.2. The van der Waals surface area contributed by atoms with Gasteiger partial charge in [0, 0.05) is 6.07 Å². The van der Waals surface area contributed by atoms with Crippen LogP contribution in [-0.4, -0.2) is 9.55 Å². The molecule has 2 heterocycles. The lowest BCUT2D eigenvalue weighted by Crippen LogP contribution is -2.13. The Kier molecular flexibility index (Phi) is 1.95. The average Bonchev–Trinajstić information content (AvgIpc) is 2.82. The van der Waals surface area contributed by atoms with E-state index < -0.39 is 11.5 Å². The highest BCUT2D eigenvalue weighted by molar-refractivity contribution is 5.77. The standard InChI is InChI=1S/C12H9FN2O2/c1-7-5-6-10(17-7)15-9-4-2-3-8(13)11(9)14-12(15)16/h2-6H,1H3,(H,14,16). The molecular formula is C12H9FN2O2. The van der Waals surface area contributed by atoms with Crippen LogP contribution in [0.25, 0.3) is 16.9 Å². The monoisotopic (exact) mass is 232 g/mol. The lowest BCUT2D eigenvalue weighted by molar-refractivity contribution is 0.510. The van der Waals surface area contributed by atoms with E-state index >= 15 is 0 Å². The van der Waals surface area contributed by atoms with E-state index in [0.29, 0.717) is 17.2 Å². The summed E-state index contributed by atoms with van der Waals surface area (Å²) in [7, 11) is 0. The van der Waals surface area contributed by atoms with Gasteiger partial charge in [-0.15, -0.1) is 0 Å². The molecule has 0 aliphatic rings. The number of nitrogens with one attached hydrogen (secondary N) is 1. The molecule has 0 radical (unpaired) electrons. The highest BCUT2D eigenvalue weighted by Gasteiger charge is 2.13. The van der Waals surface area contributed by atoms with Crippen LogP contribution in [0, 0.1) is 12.7 Å². The van der Waals surface area contributed by atoms with Gasteiger partial charge >= 0.3 is 5.69 Å². The third-order valence-corrected chi connectivity index (χ3v) is 2.61. The summed E-state index contributed by atoms with van der Waals surface area (Å²) in [5.74, 6) is 0.614. The maximum Gasteiger partial charge on any atom is 0.333 e. The van der Waals surface area contributed by atoms with Crippen LogP contribution in [-0.2, 0) is 0 Å². The maximum atomic E-state index is 13.5. The second kappa shape index (κ2) is 3.35. The molecular weight excluding hydrogens is 223 g/mol. The van der Waals surface area contributed by atoms with Gasteiger partial charge in [-0.05, 0) is 25.1 Å². The van der Waals surface area contributed by atoms with Crippen LogP contribution < -0.4 is 5.69 Å². The van der Waals surface area contributed by atoms with Gasteiger partial charge in [-0.2, -0.15) is 0 Å². The number of aryl methyl sites for hydroxylation is 1. The van der Waals surface area contributed by atoms with Crippen molar-refractivity contribution in [1.82, 2.24) is 9.55 Å². The molecule has 4 nitrogen and oxygen atoms in total. The molecule has 0 amide bonds. The van der Waals surface area contributed by atoms with E-state index in [0.717, 1.165) is 0 Å². The van der Waals surface area contributed by atoms with Gasteiger partial charge in [-0.25, -0.2) is 13.8 Å². The number of aromatic amines is 1. The third-order valence-electron chi connectivity index (χ3n) is 2.61. The zero-order chi connectivity index (χ0) is 12.0. The van der Waals surface area contributed by atoms with Crippen molar-refractivity contribution in [2.24, 2.45) is 0 Å². The largest absolute Gasteiger partial charge is 0.445 e. The number of rotatable bonds is 1. The molecule has 2 aromatic heterocycles. The minimum atomic E-state index is -0.457. The number of hydrogen-bond donors (Lipinski definition) is 1. The van der Waals surface area contributed by atoms with Crippen molar-refractivity contribution in [1.29, 1.82) is 0 Å². The zero-order valence-corrected chi connectivity index (χ0v) is 9.03. The predicted octanol–water partition coefficient (Wildman–Crippen LogP) is 2.36. The highest BCUT2D eigenvalue weighted by Crippen LogP contribution is 2.19. The molecule has 1 N–H and O–H groups in total. The van der Waals surface area contributed by atoms with E-state index in [2.05, 4.69) is 4.98 Å². The molecule has 0 aliphatic heterocycles. The smallest absolute Gasteiger partial charge is 0.333 e. The Morgan fingerprint density at radius 3 is 2.82 bits per heavy atom. The molecule has 0 atom stereocenters. The Balaban J connectivity index is 2.40. The number of aromatic nitrogens is 2. The van der Waals surface area contributed by atoms with Crippen molar-refractivity contribution in [3.63, 3.8) is 0 Å². The molecule has 0 aliphatic carbocycles. The van der Waals surface area contributed by atoms with E-state index in [-0.39, 0.29) is 5.52 Å². The Labute approximate surface area is 95.3 Å². The molecule has 0 fully saturated rings. The molecule has 0 saturated carbocycles. The van der Waals surface area contributed by atoms with Gasteiger partial charge in [0.1, 0.15) is 17.1 Å². The molecule has 17 heavy (non-hydrogen) atoms. The van der Waals surface area contributed by atoms with Crippen LogP contribution in [0.4, 0.5) is 4.39 Å². The number of hydrogen-bond acceptors (Lipinski definition) is 2. The molecule has 3 rings (SSSR count). The summed E-state index contributed by atoms with van der Waals surface area (Å²) in [6.45, 7) is 1.78. The number of furan rings is 1. The van der Waals surface area contributed by atoms with E-state index in [9.17, 15) is 9.18 Å². The van der Waals surface area contributed by atoms with Gasteiger partial charge in [0.25, 0.3) is 0 Å². The van der Waals surface area contributed by atoms with Gasteiger partial charge in [0.05, 0.1) is 5.52 Å². The number of para-hydroxylation sites is 1. The van der Waals surface area contributed by atoms with Gasteiger partial charge in [-0.3, -0.25) is 0 Å². The quantitative estimate of drug-likeness (QED) is 0.700. The van der Waals surface area contributed by atoms with Crippen LogP contribution in [0.15, 0.2) is 39.5 Å². The molecule has 0 bridgehead atoms. The van der Waals surface area contributed by atoms with Gasteiger partial charge < -0.3 is 9.40 Å². The summed E-state index contributed by atoms with van der Waals surface area (Å²) in [6.07, 6.45) is 0. The second-order valence-electron chi connectivity index (χ2n) is 3.78. The molecule has 86 valence electrons. The Morgan fingerprint density at radius 1 is 1.29 bits per heavy atom. The van der Waals surface area contributed by atoms with Crippen molar-refractivity contribution >= 4 is 11.0 Å². The van der Waals surface area contributed by atoms with E-state index in [1.54, 1.807) is 31.2 Å². The van der Waals surface area contributed by atoms with Crippen LogP contribution in [0.1, 0.15) is 5.76 Å². The minimum absolute atomic E-state index is 0.187. The first-order valence-electron chi connectivity index (χ1n) is 5.13. The topological polar surface area (TPSA) is 50.9 Å². The van der Waals surface area contributed by atoms with Crippen molar-refractivity contribution in [3.8, 4) is 5.88 Å². The Morgan fingerprint density at radius 2 is 2.12 bits per heavy atom. The van der Waals surface area contributed by atoms with Gasteiger partial charge in [0.15, 0.2) is 0 Å². The Hall–Kier alpha value is -2.30. The summed E-state index contributed by atoms with van der Waals surface area (Å²) < 4.78 is 20.2. The average molecular weight is 232 g/mol. The first-order chi connectivity index (χ1) is 8.16. The Bertz CT molecular complexity index is 751. The van der Waals surface area contributed by atoms with Crippen molar-refractivity contribution < 1.29 is 8.81 Å². The van der Waals surface area contributed by atoms with Crippen molar-refractivity contribution in [2.45, 2.75) is 6.92 Å². The fourth-order valence-corrected chi connectivity index (χ4v) is 1.86. The van der Waals surface area contributed by atoms with E-state index in [1.165, 1.54) is 10.6 Å². The van der Waals surface area contributed by atoms with Crippen LogP contribution in [0.2, 0.25) is 0 Å². The summed E-state index contributed by atoms with van der Waals surface area (Å²) in [6, 6.07) is 7.94. The fraction of sp³-hybridized carbons (Fsp3) is 0.0833. The lowest BCUT2D eigenvalue weighted by atomic mass is 10.3. The molecule has 0 spiro atoms. The molecule has 3 aromatic rings. The van der Waals surface area contributed by atoms with Crippen molar-refractivity contribution in [3.05, 3.63) is 52.4 Å². The molecule has 1 aromatic carbocycles. The molecule has 0 saturated heterocycles. The zero-order valence-electron chi connectivity index (χ0n) is 9.03. The number of imidazole rings is 1. The number of halogens is 1. The lowest BCUT2D eigenvalue weighted by Gasteiger charge is -1.98. The SMILES string of the molecule is Cc1ccc(-n2c(=O)[nH]c3c(F)cccc32)o1. The first kappa shape index (κ1) is 9.89. The highest BCUT2D eigenvalue weighted by atomic mass is 19.1. The number of nitrogens with zero attached hydrogens (tertiary/aromatic N) is 1. The number of H-pyrrole nitrogens is 1. The number of benzene rings is 1. The molecule has 5 heteroatoms. The van der Waals surface area contributed by atoms with Crippen LogP contribution in [0.5, 0.6) is 0 Å². The van der Waals surface area contributed by atoms with Crippen LogP contribution >= 0.6 is 0 Å². The maximum absolute atomic E-state index is 13.5. The first-order valence-corrected chi connectivity index (χ1v) is 5.13. The van der Waals surface area contributed by atoms with E-state index in [4.69, 9.17) is 4.42 Å². The van der Waals surface area contributed by atoms with E-state index in [1.807, 2.05) is 0 Å². The second-order valence-corrected chi connectivity index (χ2v) is 3.78. The summed E-state index contributed by atoms with van der Waals surface area (Å²) in [5, 5.41) is 0. The van der Waals surface area contributed by atoms with Crippen molar-refractivity contribution in [2.75, 3.05) is 0 Å². The summed E-state index contributed by atoms with van der Waals surface area (Å²) >= 11 is 0. The minimum Gasteiger partial charge on any atom is -0.445 e. The summed E-state index contributed by atoms with van der Waals surface area (Å²) in [5.41, 5.74) is 0.232. The fourth-order valence-electron chi connectivity index (χ4n) is 1.86. The molecule has 0 unspecified atom stereocenters. The third kappa shape index (κ3) is 1.39.